The van der Waals surface area contributed by atoms with Gasteiger partial charge < -0.3 is 10.6 Å². The maximum absolute atomic E-state index is 13.7. The summed E-state index contributed by atoms with van der Waals surface area (Å²) in [6.45, 7) is 0.263. The molecular weight excluding hydrogens is 215 g/mol. The Morgan fingerprint density at radius 2 is 2.00 bits per heavy atom. The Balaban J connectivity index is 2.12. The Bertz CT molecular complexity index is 372. The molecule has 1 aromatic rings. The molecule has 0 spiro atoms. The molecule has 0 heterocycles. The van der Waals surface area contributed by atoms with Crippen molar-refractivity contribution >= 4 is 5.69 Å². The average Bonchev–Trinajstić information content (AvgIpc) is 2.39. The third-order valence-electron chi connectivity index (χ3n) is 3.79. The van der Waals surface area contributed by atoms with Crippen LogP contribution in [0.25, 0.3) is 0 Å². The highest BCUT2D eigenvalue weighted by Gasteiger charge is 2.18. The number of hydrogen-bond acceptors (Lipinski definition) is 2. The minimum Gasteiger partial charge on any atom is -0.372 e. The van der Waals surface area contributed by atoms with Crippen molar-refractivity contribution in [3.63, 3.8) is 0 Å². The van der Waals surface area contributed by atoms with E-state index in [1.54, 1.807) is 12.1 Å². The van der Waals surface area contributed by atoms with Crippen molar-refractivity contribution in [2.24, 2.45) is 5.73 Å². The molecule has 0 aliphatic heterocycles. The number of anilines is 1. The zero-order valence-electron chi connectivity index (χ0n) is 10.5. The number of rotatable bonds is 3. The fraction of sp³-hybridized carbons (Fsp3) is 0.571. The predicted octanol–water partition coefficient (Wildman–Crippen LogP) is 3.05. The monoisotopic (exact) mass is 236 g/mol. The van der Waals surface area contributed by atoms with Crippen LogP contribution in [-0.2, 0) is 6.54 Å². The first kappa shape index (κ1) is 12.4. The summed E-state index contributed by atoms with van der Waals surface area (Å²) in [5.41, 5.74) is 7.02. The zero-order valence-corrected chi connectivity index (χ0v) is 10.5. The fourth-order valence-corrected chi connectivity index (χ4v) is 2.60. The van der Waals surface area contributed by atoms with Crippen molar-refractivity contribution in [1.29, 1.82) is 0 Å². The third-order valence-corrected chi connectivity index (χ3v) is 3.79. The Morgan fingerprint density at radius 1 is 1.29 bits per heavy atom. The van der Waals surface area contributed by atoms with Gasteiger partial charge >= 0.3 is 0 Å². The van der Waals surface area contributed by atoms with Crippen LogP contribution in [0.1, 0.15) is 37.7 Å². The summed E-state index contributed by atoms with van der Waals surface area (Å²) in [5.74, 6) is -0.187. The zero-order chi connectivity index (χ0) is 12.3. The second-order valence-corrected chi connectivity index (χ2v) is 4.88. The van der Waals surface area contributed by atoms with Crippen molar-refractivity contribution in [3.8, 4) is 0 Å². The molecule has 0 atom stereocenters. The van der Waals surface area contributed by atoms with Crippen molar-refractivity contribution in [2.45, 2.75) is 44.7 Å². The van der Waals surface area contributed by atoms with E-state index in [-0.39, 0.29) is 12.4 Å². The molecule has 0 aromatic heterocycles. The van der Waals surface area contributed by atoms with Gasteiger partial charge in [0.2, 0.25) is 0 Å². The second-order valence-electron chi connectivity index (χ2n) is 4.88. The number of benzene rings is 1. The average molecular weight is 236 g/mol. The van der Waals surface area contributed by atoms with Crippen LogP contribution >= 0.6 is 0 Å². The van der Waals surface area contributed by atoms with Gasteiger partial charge in [0.15, 0.2) is 0 Å². The molecule has 0 saturated heterocycles. The second kappa shape index (κ2) is 5.50. The number of hydrogen-bond donors (Lipinski definition) is 1. The Labute approximate surface area is 103 Å². The Hall–Kier alpha value is -1.09. The lowest BCUT2D eigenvalue weighted by atomic mass is 9.94. The molecule has 1 fully saturated rings. The van der Waals surface area contributed by atoms with E-state index in [0.717, 1.165) is 5.69 Å². The van der Waals surface area contributed by atoms with Gasteiger partial charge in [-0.25, -0.2) is 4.39 Å². The van der Waals surface area contributed by atoms with Crippen LogP contribution in [0.15, 0.2) is 18.2 Å². The van der Waals surface area contributed by atoms with Gasteiger partial charge in [-0.15, -0.1) is 0 Å². The van der Waals surface area contributed by atoms with E-state index in [2.05, 4.69) is 11.9 Å². The lowest BCUT2D eigenvalue weighted by Crippen LogP contribution is -2.33. The largest absolute Gasteiger partial charge is 0.372 e. The van der Waals surface area contributed by atoms with E-state index in [1.165, 1.54) is 32.1 Å². The van der Waals surface area contributed by atoms with Crippen LogP contribution in [-0.4, -0.2) is 13.1 Å². The number of halogens is 1. The maximum atomic E-state index is 13.7. The van der Waals surface area contributed by atoms with E-state index in [4.69, 9.17) is 5.73 Å². The smallest absolute Gasteiger partial charge is 0.129 e. The highest BCUT2D eigenvalue weighted by Crippen LogP contribution is 2.27. The van der Waals surface area contributed by atoms with Gasteiger partial charge in [-0.2, -0.15) is 0 Å². The standard InChI is InChI=1S/C14H21FN2/c1-17(12-5-3-2-4-6-12)13-8-7-11(10-16)14(15)9-13/h7-9,12H,2-6,10,16H2,1H3. The molecule has 1 saturated carbocycles. The van der Waals surface area contributed by atoms with Gasteiger partial charge in [0.1, 0.15) is 5.82 Å². The first-order chi connectivity index (χ1) is 8.22. The van der Waals surface area contributed by atoms with Crippen LogP contribution in [0.3, 0.4) is 0 Å². The molecule has 0 bridgehead atoms. The molecule has 3 heteroatoms. The molecule has 0 amide bonds. The SMILES string of the molecule is CN(c1ccc(CN)c(F)c1)C1CCCCC1. The van der Waals surface area contributed by atoms with Crippen LogP contribution in [0.5, 0.6) is 0 Å². The minimum atomic E-state index is -0.187. The molecule has 2 nitrogen and oxygen atoms in total. The van der Waals surface area contributed by atoms with Crippen molar-refractivity contribution in [1.82, 2.24) is 0 Å². The molecule has 1 aliphatic rings. The molecule has 0 unspecified atom stereocenters. The van der Waals surface area contributed by atoms with Crippen molar-refractivity contribution < 1.29 is 4.39 Å². The van der Waals surface area contributed by atoms with Crippen LogP contribution < -0.4 is 10.6 Å². The first-order valence-electron chi connectivity index (χ1n) is 6.43. The maximum Gasteiger partial charge on any atom is 0.129 e. The van der Waals surface area contributed by atoms with E-state index >= 15 is 0 Å². The van der Waals surface area contributed by atoms with Gasteiger partial charge in [-0.1, -0.05) is 25.3 Å². The normalized spacial score (nSPS) is 17.1. The van der Waals surface area contributed by atoms with Gasteiger partial charge in [0.25, 0.3) is 0 Å². The molecular formula is C14H21FN2. The summed E-state index contributed by atoms with van der Waals surface area (Å²) < 4.78 is 13.7. The van der Waals surface area contributed by atoms with E-state index in [0.29, 0.717) is 11.6 Å². The lowest BCUT2D eigenvalue weighted by molar-refractivity contribution is 0.427. The summed E-state index contributed by atoms with van der Waals surface area (Å²) in [6.07, 6.45) is 6.36. The number of nitrogens with zero attached hydrogens (tertiary/aromatic N) is 1. The molecule has 1 aliphatic carbocycles. The summed E-state index contributed by atoms with van der Waals surface area (Å²) in [4.78, 5) is 2.21. The molecule has 17 heavy (non-hydrogen) atoms. The van der Waals surface area contributed by atoms with Gasteiger partial charge in [0, 0.05) is 30.9 Å². The lowest BCUT2D eigenvalue weighted by Gasteiger charge is -2.33. The van der Waals surface area contributed by atoms with E-state index < -0.39 is 0 Å². The van der Waals surface area contributed by atoms with Gasteiger partial charge in [0.05, 0.1) is 0 Å². The summed E-state index contributed by atoms with van der Waals surface area (Å²) in [7, 11) is 2.06. The van der Waals surface area contributed by atoms with Crippen LogP contribution in [0, 0.1) is 5.82 Å². The molecule has 0 radical (unpaired) electrons. The summed E-state index contributed by atoms with van der Waals surface area (Å²) in [6, 6.07) is 5.94. The Morgan fingerprint density at radius 3 is 2.59 bits per heavy atom. The van der Waals surface area contributed by atoms with E-state index in [1.807, 2.05) is 6.07 Å². The highest BCUT2D eigenvalue weighted by atomic mass is 19.1. The fourth-order valence-electron chi connectivity index (χ4n) is 2.60. The summed E-state index contributed by atoms with van der Waals surface area (Å²) >= 11 is 0. The van der Waals surface area contributed by atoms with Crippen molar-refractivity contribution in [2.75, 3.05) is 11.9 Å². The Kier molecular flexibility index (Phi) is 4.00. The summed E-state index contributed by atoms with van der Waals surface area (Å²) in [5, 5.41) is 0. The first-order valence-corrected chi connectivity index (χ1v) is 6.43. The molecule has 1 aromatic carbocycles. The van der Waals surface area contributed by atoms with Crippen LogP contribution in [0.2, 0.25) is 0 Å². The van der Waals surface area contributed by atoms with E-state index in [9.17, 15) is 4.39 Å². The molecule has 2 rings (SSSR count). The third kappa shape index (κ3) is 2.78. The quantitative estimate of drug-likeness (QED) is 0.874. The van der Waals surface area contributed by atoms with Gasteiger partial charge in [-0.3, -0.25) is 0 Å². The topological polar surface area (TPSA) is 29.3 Å². The highest BCUT2D eigenvalue weighted by molar-refractivity contribution is 5.48. The minimum absolute atomic E-state index is 0.187. The number of nitrogens with two attached hydrogens (primary N) is 1. The van der Waals surface area contributed by atoms with Gasteiger partial charge in [-0.05, 0) is 25.0 Å². The molecule has 2 N–H and O–H groups in total. The van der Waals surface area contributed by atoms with Crippen molar-refractivity contribution in [3.05, 3.63) is 29.6 Å². The predicted molar refractivity (Wildman–Crippen MR) is 69.6 cm³/mol. The molecule has 94 valence electrons. The van der Waals surface area contributed by atoms with Crippen LogP contribution in [0.4, 0.5) is 10.1 Å².